The summed E-state index contributed by atoms with van der Waals surface area (Å²) >= 11 is 0. The zero-order chi connectivity index (χ0) is 17.2. The lowest BCUT2D eigenvalue weighted by atomic mass is 10.1. The molecule has 7 nitrogen and oxygen atoms in total. The van der Waals surface area contributed by atoms with Crippen LogP contribution in [0.1, 0.15) is 46.5 Å². The quantitative estimate of drug-likeness (QED) is 0.825. The van der Waals surface area contributed by atoms with Crippen LogP contribution in [-0.2, 0) is 9.53 Å². The lowest BCUT2D eigenvalue weighted by molar-refractivity contribution is -0.136. The minimum atomic E-state index is -0.671. The summed E-state index contributed by atoms with van der Waals surface area (Å²) in [4.78, 5) is 28.2. The van der Waals surface area contributed by atoms with Crippen LogP contribution in [0, 0.1) is 11.3 Å². The smallest absolute Gasteiger partial charge is 0.411 e. The fourth-order valence-corrected chi connectivity index (χ4v) is 3.25. The van der Waals surface area contributed by atoms with Crippen molar-refractivity contribution in [3.05, 3.63) is 0 Å². The number of amides is 2. The van der Waals surface area contributed by atoms with Crippen molar-refractivity contribution in [2.24, 2.45) is 0 Å². The second-order valence-electron chi connectivity index (χ2n) is 7.14. The number of rotatable bonds is 2. The van der Waals surface area contributed by atoms with Gasteiger partial charge in [0.25, 0.3) is 0 Å². The van der Waals surface area contributed by atoms with Crippen molar-refractivity contribution in [2.45, 2.75) is 70.2 Å². The van der Waals surface area contributed by atoms with Crippen LogP contribution in [0.3, 0.4) is 0 Å². The summed E-state index contributed by atoms with van der Waals surface area (Å²) in [5.74, 6) is -0.212. The first-order valence-corrected chi connectivity index (χ1v) is 8.10. The van der Waals surface area contributed by atoms with E-state index in [-0.39, 0.29) is 12.5 Å². The molecule has 2 amide bonds. The molecule has 0 aromatic rings. The Balaban J connectivity index is 2.17. The van der Waals surface area contributed by atoms with Gasteiger partial charge in [-0.1, -0.05) is 0 Å². The number of hydrogen-bond donors (Lipinski definition) is 1. The Labute approximate surface area is 136 Å². The standard InChI is InChI=1S/C16H25N3O4/c1-16(2,3)23-15(22)19-12(10-20)6-7-13(19)14(21)18-8-4-5-11(18)9-17/h11-13,20H,4-8,10H2,1-3H3/t11-,12?,13-/m0/s1. The van der Waals surface area contributed by atoms with Crippen molar-refractivity contribution in [1.82, 2.24) is 9.80 Å². The molecule has 1 unspecified atom stereocenters. The van der Waals surface area contributed by atoms with Gasteiger partial charge in [0, 0.05) is 6.54 Å². The van der Waals surface area contributed by atoms with E-state index < -0.39 is 29.8 Å². The van der Waals surface area contributed by atoms with Crippen molar-refractivity contribution >= 4 is 12.0 Å². The number of likely N-dealkylation sites (tertiary alicyclic amines) is 2. The molecule has 0 aliphatic carbocycles. The molecule has 2 fully saturated rings. The number of aliphatic hydroxyl groups excluding tert-OH is 1. The predicted octanol–water partition coefficient (Wildman–Crippen LogP) is 1.26. The highest BCUT2D eigenvalue weighted by atomic mass is 16.6. The number of carbonyl (C=O) groups excluding carboxylic acids is 2. The molecule has 2 saturated heterocycles. The van der Waals surface area contributed by atoms with Gasteiger partial charge in [0.1, 0.15) is 17.7 Å². The molecule has 0 spiro atoms. The average Bonchev–Trinajstić information content (AvgIpc) is 3.10. The van der Waals surface area contributed by atoms with Gasteiger partial charge in [0.15, 0.2) is 0 Å². The summed E-state index contributed by atoms with van der Waals surface area (Å²) in [5, 5.41) is 18.7. The predicted molar refractivity (Wildman–Crippen MR) is 82.3 cm³/mol. The van der Waals surface area contributed by atoms with Crippen molar-refractivity contribution < 1.29 is 19.4 Å². The Kier molecular flexibility index (Phi) is 5.15. The highest BCUT2D eigenvalue weighted by Gasteiger charge is 2.45. The Bertz CT molecular complexity index is 508. The molecule has 0 bridgehead atoms. The fraction of sp³-hybridized carbons (Fsp3) is 0.812. The van der Waals surface area contributed by atoms with Gasteiger partial charge in [-0.2, -0.15) is 5.26 Å². The summed E-state index contributed by atoms with van der Waals surface area (Å²) in [6.45, 7) is 5.62. The lowest BCUT2D eigenvalue weighted by Crippen LogP contribution is -2.53. The zero-order valence-corrected chi connectivity index (χ0v) is 14.0. The van der Waals surface area contributed by atoms with Gasteiger partial charge in [-0.05, 0) is 46.5 Å². The van der Waals surface area contributed by atoms with E-state index in [4.69, 9.17) is 10.00 Å². The Hall–Kier alpha value is -1.81. The van der Waals surface area contributed by atoms with Gasteiger partial charge in [-0.15, -0.1) is 0 Å². The number of nitriles is 1. The molecule has 0 aromatic heterocycles. The third kappa shape index (κ3) is 3.75. The second-order valence-corrected chi connectivity index (χ2v) is 7.14. The van der Waals surface area contributed by atoms with Crippen LogP contribution in [0.25, 0.3) is 0 Å². The summed E-state index contributed by atoms with van der Waals surface area (Å²) in [5.41, 5.74) is -0.671. The van der Waals surface area contributed by atoms with E-state index in [1.807, 2.05) is 0 Å². The maximum Gasteiger partial charge on any atom is 0.411 e. The van der Waals surface area contributed by atoms with Crippen LogP contribution >= 0.6 is 0 Å². The van der Waals surface area contributed by atoms with E-state index in [0.717, 1.165) is 6.42 Å². The molecule has 2 aliphatic heterocycles. The number of aliphatic hydroxyl groups is 1. The number of ether oxygens (including phenoxy) is 1. The largest absolute Gasteiger partial charge is 0.444 e. The molecule has 2 rings (SSSR count). The monoisotopic (exact) mass is 323 g/mol. The van der Waals surface area contributed by atoms with Crippen molar-refractivity contribution in [3.63, 3.8) is 0 Å². The molecular formula is C16H25N3O4. The van der Waals surface area contributed by atoms with Crippen LogP contribution in [0.2, 0.25) is 0 Å². The molecule has 2 heterocycles. The second kappa shape index (κ2) is 6.75. The summed E-state index contributed by atoms with van der Waals surface area (Å²) in [6, 6.07) is 0.655. The zero-order valence-electron chi connectivity index (χ0n) is 14.0. The number of hydrogen-bond acceptors (Lipinski definition) is 5. The third-order valence-corrected chi connectivity index (χ3v) is 4.29. The van der Waals surface area contributed by atoms with Gasteiger partial charge >= 0.3 is 6.09 Å². The van der Waals surface area contributed by atoms with E-state index in [2.05, 4.69) is 6.07 Å². The molecule has 7 heteroatoms. The third-order valence-electron chi connectivity index (χ3n) is 4.29. The normalized spacial score (nSPS) is 27.9. The number of nitrogens with zero attached hydrogens (tertiary/aromatic N) is 3. The minimum absolute atomic E-state index is 0.204. The molecule has 0 radical (unpaired) electrons. The van der Waals surface area contributed by atoms with Crippen LogP contribution in [-0.4, -0.2) is 63.8 Å². The van der Waals surface area contributed by atoms with E-state index in [1.54, 1.807) is 25.7 Å². The SMILES string of the molecule is CC(C)(C)OC(=O)N1C(CO)CC[C@H]1C(=O)N1CCC[C@H]1C#N. The Morgan fingerprint density at radius 1 is 1.30 bits per heavy atom. The maximum absolute atomic E-state index is 12.8. The van der Waals surface area contributed by atoms with Crippen LogP contribution in [0.5, 0.6) is 0 Å². The van der Waals surface area contributed by atoms with Crippen molar-refractivity contribution in [2.75, 3.05) is 13.2 Å². The first-order chi connectivity index (χ1) is 10.8. The molecule has 0 aromatic carbocycles. The first kappa shape index (κ1) is 17.5. The molecule has 3 atom stereocenters. The van der Waals surface area contributed by atoms with Gasteiger partial charge < -0.3 is 14.7 Å². The number of carbonyl (C=O) groups is 2. The van der Waals surface area contributed by atoms with E-state index in [0.29, 0.717) is 25.8 Å². The van der Waals surface area contributed by atoms with E-state index in [9.17, 15) is 14.7 Å². The summed E-state index contributed by atoms with van der Waals surface area (Å²) < 4.78 is 5.39. The van der Waals surface area contributed by atoms with Gasteiger partial charge in [0.2, 0.25) is 5.91 Å². The molecule has 128 valence electrons. The lowest BCUT2D eigenvalue weighted by Gasteiger charge is -2.33. The van der Waals surface area contributed by atoms with Gasteiger partial charge in [-0.3, -0.25) is 9.69 Å². The maximum atomic E-state index is 12.8. The first-order valence-electron chi connectivity index (χ1n) is 8.10. The average molecular weight is 323 g/mol. The molecule has 0 saturated carbocycles. The molecule has 23 heavy (non-hydrogen) atoms. The summed E-state index contributed by atoms with van der Waals surface area (Å²) in [7, 11) is 0. The highest BCUT2D eigenvalue weighted by Crippen LogP contribution is 2.29. The van der Waals surface area contributed by atoms with Crippen LogP contribution in [0.15, 0.2) is 0 Å². The summed E-state index contributed by atoms with van der Waals surface area (Å²) in [6.07, 6.45) is 1.92. The van der Waals surface area contributed by atoms with Gasteiger partial charge in [-0.25, -0.2) is 4.79 Å². The fourth-order valence-electron chi connectivity index (χ4n) is 3.25. The van der Waals surface area contributed by atoms with Crippen molar-refractivity contribution in [3.8, 4) is 6.07 Å². The molecule has 1 N–H and O–H groups in total. The molecule has 2 aliphatic rings. The Morgan fingerprint density at radius 2 is 2.00 bits per heavy atom. The van der Waals surface area contributed by atoms with E-state index in [1.165, 1.54) is 4.90 Å². The van der Waals surface area contributed by atoms with Crippen molar-refractivity contribution in [1.29, 1.82) is 5.26 Å². The van der Waals surface area contributed by atoms with E-state index >= 15 is 0 Å². The topological polar surface area (TPSA) is 93.9 Å². The molecular weight excluding hydrogens is 298 g/mol. The minimum Gasteiger partial charge on any atom is -0.444 e. The highest BCUT2D eigenvalue weighted by molar-refractivity contribution is 5.87. The Morgan fingerprint density at radius 3 is 2.57 bits per heavy atom. The van der Waals surface area contributed by atoms with Gasteiger partial charge in [0.05, 0.1) is 18.7 Å². The van der Waals surface area contributed by atoms with Crippen LogP contribution < -0.4 is 0 Å². The van der Waals surface area contributed by atoms with Crippen LogP contribution in [0.4, 0.5) is 4.79 Å².